The van der Waals surface area contributed by atoms with Gasteiger partial charge in [0.05, 0.1) is 0 Å². The monoisotopic (exact) mass is 455 g/mol. The molecule has 166 valence electrons. The second-order valence-corrected chi connectivity index (χ2v) is 9.07. The van der Waals surface area contributed by atoms with Crippen molar-refractivity contribution < 1.29 is 18.8 Å². The minimum Gasteiger partial charge on any atom is -0.323 e. The SMILES string of the molecule is O=C(CCCN1C(=O)NC2(CCCC2)C1=O)Nc1c(-c2ccc(F)cc2)nc2sccn12. The summed E-state index contributed by atoms with van der Waals surface area (Å²) in [4.78, 5) is 44.2. The molecule has 1 saturated carbocycles. The van der Waals surface area contributed by atoms with Gasteiger partial charge in [0.1, 0.15) is 22.9 Å². The highest BCUT2D eigenvalue weighted by atomic mass is 32.1. The minimum absolute atomic E-state index is 0.143. The van der Waals surface area contributed by atoms with Crippen molar-refractivity contribution in [2.24, 2.45) is 0 Å². The second kappa shape index (κ2) is 8.01. The van der Waals surface area contributed by atoms with E-state index in [2.05, 4.69) is 15.6 Å². The Morgan fingerprint density at radius 3 is 2.72 bits per heavy atom. The van der Waals surface area contributed by atoms with E-state index < -0.39 is 5.54 Å². The number of imide groups is 1. The van der Waals surface area contributed by atoms with Crippen LogP contribution >= 0.6 is 11.3 Å². The zero-order valence-electron chi connectivity index (χ0n) is 17.3. The molecule has 3 aromatic rings. The average molecular weight is 456 g/mol. The maximum Gasteiger partial charge on any atom is 0.325 e. The smallest absolute Gasteiger partial charge is 0.323 e. The number of nitrogens with zero attached hydrogens (tertiary/aromatic N) is 3. The first-order chi connectivity index (χ1) is 15.5. The third kappa shape index (κ3) is 3.54. The predicted octanol–water partition coefficient (Wildman–Crippen LogP) is 3.79. The number of carbonyl (C=O) groups is 3. The molecule has 1 spiro atoms. The van der Waals surface area contributed by atoms with Gasteiger partial charge in [-0.3, -0.25) is 18.9 Å². The van der Waals surface area contributed by atoms with Gasteiger partial charge in [-0.1, -0.05) is 12.8 Å². The maximum atomic E-state index is 13.3. The number of halogens is 1. The van der Waals surface area contributed by atoms with Crippen molar-refractivity contribution in [3.63, 3.8) is 0 Å². The number of rotatable bonds is 6. The lowest BCUT2D eigenvalue weighted by atomic mass is 9.98. The van der Waals surface area contributed by atoms with Gasteiger partial charge >= 0.3 is 6.03 Å². The number of imidazole rings is 1. The van der Waals surface area contributed by atoms with Crippen molar-refractivity contribution in [2.45, 2.75) is 44.1 Å². The molecule has 0 unspecified atom stereocenters. The zero-order chi connectivity index (χ0) is 22.3. The first-order valence-electron chi connectivity index (χ1n) is 10.6. The number of aromatic nitrogens is 2. The summed E-state index contributed by atoms with van der Waals surface area (Å²) >= 11 is 1.43. The number of amides is 4. The highest BCUT2D eigenvalue weighted by Crippen LogP contribution is 2.35. The van der Waals surface area contributed by atoms with Crippen LogP contribution in [0.3, 0.4) is 0 Å². The van der Waals surface area contributed by atoms with Gasteiger partial charge in [0.15, 0.2) is 4.96 Å². The number of hydrogen-bond acceptors (Lipinski definition) is 5. The Labute approximate surface area is 187 Å². The Hall–Kier alpha value is -3.27. The summed E-state index contributed by atoms with van der Waals surface area (Å²) in [6, 6.07) is 5.57. The van der Waals surface area contributed by atoms with Crippen LogP contribution < -0.4 is 10.6 Å². The molecule has 4 amide bonds. The number of fused-ring (bicyclic) bond motifs is 1. The lowest BCUT2D eigenvalue weighted by Gasteiger charge is -2.19. The molecule has 0 bridgehead atoms. The Balaban J connectivity index is 1.25. The molecule has 0 radical (unpaired) electrons. The van der Waals surface area contributed by atoms with Gasteiger partial charge in [0.2, 0.25) is 5.91 Å². The lowest BCUT2D eigenvalue weighted by molar-refractivity contribution is -0.131. The van der Waals surface area contributed by atoms with E-state index >= 15 is 0 Å². The van der Waals surface area contributed by atoms with Crippen LogP contribution in [0.5, 0.6) is 0 Å². The highest BCUT2D eigenvalue weighted by Gasteiger charge is 2.52. The van der Waals surface area contributed by atoms with Crippen molar-refractivity contribution in [1.29, 1.82) is 0 Å². The van der Waals surface area contributed by atoms with Crippen LogP contribution in [0, 0.1) is 5.82 Å². The van der Waals surface area contributed by atoms with Gasteiger partial charge < -0.3 is 10.6 Å². The van der Waals surface area contributed by atoms with Gasteiger partial charge in [0, 0.05) is 30.1 Å². The minimum atomic E-state index is -0.731. The van der Waals surface area contributed by atoms with Crippen molar-refractivity contribution in [3.05, 3.63) is 41.7 Å². The number of nitrogens with one attached hydrogen (secondary N) is 2. The van der Waals surface area contributed by atoms with Crippen LogP contribution in [-0.4, -0.2) is 44.2 Å². The molecule has 1 saturated heterocycles. The summed E-state index contributed by atoms with van der Waals surface area (Å²) in [5, 5.41) is 7.61. The number of anilines is 1. The quantitative estimate of drug-likeness (QED) is 0.553. The molecule has 2 aromatic heterocycles. The van der Waals surface area contributed by atoms with Gasteiger partial charge in [-0.05, 0) is 43.5 Å². The van der Waals surface area contributed by atoms with E-state index in [1.54, 1.807) is 16.5 Å². The van der Waals surface area contributed by atoms with Gasteiger partial charge in [-0.25, -0.2) is 14.2 Å². The molecule has 8 nitrogen and oxygen atoms in total. The molecule has 3 heterocycles. The van der Waals surface area contributed by atoms with Crippen molar-refractivity contribution in [3.8, 4) is 11.3 Å². The second-order valence-electron chi connectivity index (χ2n) is 8.20. The van der Waals surface area contributed by atoms with E-state index in [0.29, 0.717) is 41.3 Å². The number of urea groups is 1. The van der Waals surface area contributed by atoms with Crippen LogP contribution in [0.25, 0.3) is 16.2 Å². The predicted molar refractivity (Wildman–Crippen MR) is 118 cm³/mol. The molecule has 2 N–H and O–H groups in total. The van der Waals surface area contributed by atoms with Crippen molar-refractivity contribution in [1.82, 2.24) is 19.6 Å². The number of benzene rings is 1. The molecule has 32 heavy (non-hydrogen) atoms. The summed E-state index contributed by atoms with van der Waals surface area (Å²) in [7, 11) is 0. The van der Waals surface area contributed by atoms with Crippen LogP contribution in [0.2, 0.25) is 0 Å². The maximum absolute atomic E-state index is 13.3. The Morgan fingerprint density at radius 1 is 1.22 bits per heavy atom. The molecular formula is C22H22FN5O3S. The van der Waals surface area contributed by atoms with Crippen LogP contribution in [-0.2, 0) is 9.59 Å². The Bertz CT molecular complexity index is 1200. The molecule has 10 heteroatoms. The Morgan fingerprint density at radius 2 is 1.97 bits per heavy atom. The summed E-state index contributed by atoms with van der Waals surface area (Å²) in [5.74, 6) is -0.253. The highest BCUT2D eigenvalue weighted by molar-refractivity contribution is 7.15. The molecule has 5 rings (SSSR count). The Kier molecular flexibility index (Phi) is 5.16. The fourth-order valence-electron chi connectivity index (χ4n) is 4.50. The molecule has 2 aliphatic rings. The molecule has 1 aliphatic carbocycles. The number of thiazole rings is 1. The van der Waals surface area contributed by atoms with E-state index in [1.165, 1.54) is 28.4 Å². The lowest BCUT2D eigenvalue weighted by Crippen LogP contribution is -2.44. The zero-order valence-corrected chi connectivity index (χ0v) is 18.1. The summed E-state index contributed by atoms with van der Waals surface area (Å²) in [5.41, 5.74) is 0.521. The summed E-state index contributed by atoms with van der Waals surface area (Å²) < 4.78 is 15.1. The van der Waals surface area contributed by atoms with Crippen molar-refractivity contribution in [2.75, 3.05) is 11.9 Å². The summed E-state index contributed by atoms with van der Waals surface area (Å²) in [6.45, 7) is 0.199. The standard InChI is InChI=1S/C22H22FN5O3S/c23-15-7-5-14(6-8-15)17-18(27-12-13-32-21(27)25-17)24-16(29)4-3-11-28-19(30)22(26-20(28)31)9-1-2-10-22/h5-8,12-13H,1-4,9-11H2,(H,24,29)(H,26,31). The fourth-order valence-corrected chi connectivity index (χ4v) is 5.22. The fraction of sp³-hybridized carbons (Fsp3) is 0.364. The van der Waals surface area contributed by atoms with E-state index in [-0.39, 0.29) is 36.6 Å². The molecule has 1 aliphatic heterocycles. The molecular weight excluding hydrogens is 433 g/mol. The van der Waals surface area contributed by atoms with E-state index in [1.807, 2.05) is 11.6 Å². The van der Waals surface area contributed by atoms with E-state index in [9.17, 15) is 18.8 Å². The largest absolute Gasteiger partial charge is 0.325 e. The van der Waals surface area contributed by atoms with E-state index in [4.69, 9.17) is 0 Å². The first-order valence-corrected chi connectivity index (χ1v) is 11.5. The average Bonchev–Trinajstić information content (AvgIpc) is 3.53. The third-order valence-electron chi connectivity index (χ3n) is 6.13. The summed E-state index contributed by atoms with van der Waals surface area (Å²) in [6.07, 6.45) is 5.53. The molecule has 2 fully saturated rings. The first kappa shape index (κ1) is 20.6. The van der Waals surface area contributed by atoms with Crippen molar-refractivity contribution >= 4 is 40.0 Å². The van der Waals surface area contributed by atoms with Crippen LogP contribution in [0.4, 0.5) is 15.0 Å². The number of carbonyl (C=O) groups excluding carboxylic acids is 3. The topological polar surface area (TPSA) is 95.8 Å². The normalized spacial score (nSPS) is 17.5. The van der Waals surface area contributed by atoms with Gasteiger partial charge in [-0.15, -0.1) is 11.3 Å². The number of hydrogen-bond donors (Lipinski definition) is 2. The molecule has 0 atom stereocenters. The third-order valence-corrected chi connectivity index (χ3v) is 6.88. The van der Waals surface area contributed by atoms with Gasteiger partial charge in [0.25, 0.3) is 5.91 Å². The molecule has 1 aromatic carbocycles. The van der Waals surface area contributed by atoms with Gasteiger partial charge in [-0.2, -0.15) is 0 Å². The van der Waals surface area contributed by atoms with Crippen LogP contribution in [0.1, 0.15) is 38.5 Å². The van der Waals surface area contributed by atoms with E-state index in [0.717, 1.165) is 12.8 Å². The van der Waals surface area contributed by atoms with Crippen LogP contribution in [0.15, 0.2) is 35.8 Å².